The van der Waals surface area contributed by atoms with Gasteiger partial charge in [0, 0.05) is 13.1 Å². The zero-order valence-corrected chi connectivity index (χ0v) is 9.25. The lowest BCUT2D eigenvalue weighted by atomic mass is 10.1. The van der Waals surface area contributed by atoms with Crippen molar-refractivity contribution >= 4 is 0 Å². The lowest BCUT2D eigenvalue weighted by molar-refractivity contribution is 0.480. The maximum absolute atomic E-state index is 4.38. The van der Waals surface area contributed by atoms with Crippen molar-refractivity contribution in [2.45, 2.75) is 32.2 Å². The summed E-state index contributed by atoms with van der Waals surface area (Å²) in [5, 5.41) is 7.77. The lowest BCUT2D eigenvalue weighted by Gasteiger charge is -2.15. The molecule has 1 heterocycles. The molecule has 78 valence electrons. The van der Waals surface area contributed by atoms with Crippen LogP contribution in [0.2, 0.25) is 0 Å². The fraction of sp³-hybridized carbons (Fsp3) is 0.727. The van der Waals surface area contributed by atoms with E-state index in [0.29, 0.717) is 6.04 Å². The van der Waals surface area contributed by atoms with Gasteiger partial charge in [-0.1, -0.05) is 12.8 Å². The molecule has 1 atom stereocenters. The number of hydrogen-bond acceptors (Lipinski definition) is 2. The van der Waals surface area contributed by atoms with Crippen LogP contribution < -0.4 is 5.32 Å². The molecule has 1 unspecified atom stereocenters. The highest BCUT2D eigenvalue weighted by Crippen LogP contribution is 2.37. The Kier molecular flexibility index (Phi) is 2.59. The lowest BCUT2D eigenvalue weighted by Crippen LogP contribution is -2.19. The third kappa shape index (κ3) is 1.98. The Morgan fingerprint density at radius 1 is 1.64 bits per heavy atom. The van der Waals surface area contributed by atoms with E-state index in [-0.39, 0.29) is 0 Å². The first-order valence-electron chi connectivity index (χ1n) is 5.38. The van der Waals surface area contributed by atoms with Crippen LogP contribution in [0.15, 0.2) is 6.07 Å². The molecule has 0 radical (unpaired) electrons. The zero-order valence-electron chi connectivity index (χ0n) is 9.25. The van der Waals surface area contributed by atoms with Gasteiger partial charge in [0.25, 0.3) is 0 Å². The minimum absolute atomic E-state index is 0.480. The van der Waals surface area contributed by atoms with Crippen LogP contribution in [0, 0.1) is 12.8 Å². The molecule has 1 aromatic heterocycles. The molecule has 1 aromatic rings. The number of rotatable bonds is 4. The van der Waals surface area contributed by atoms with Gasteiger partial charge in [-0.05, 0) is 32.4 Å². The molecule has 0 aromatic carbocycles. The first-order valence-corrected chi connectivity index (χ1v) is 5.38. The normalized spacial score (nSPS) is 18.5. The molecular formula is C11H19N3. The summed E-state index contributed by atoms with van der Waals surface area (Å²) in [4.78, 5) is 0. The topological polar surface area (TPSA) is 29.9 Å². The standard InChI is InChI=1S/C11H19N3/c1-8-6-11(14(3)13-8)10(12-2)7-9-4-5-9/h6,9-10,12H,4-5,7H2,1-3H3. The molecule has 2 rings (SSSR count). The van der Waals surface area contributed by atoms with Gasteiger partial charge in [0.2, 0.25) is 0 Å². The van der Waals surface area contributed by atoms with Crippen LogP contribution in [0.3, 0.4) is 0 Å². The molecule has 0 saturated heterocycles. The Bertz CT molecular complexity index is 312. The van der Waals surface area contributed by atoms with Gasteiger partial charge in [-0.25, -0.2) is 0 Å². The van der Waals surface area contributed by atoms with Crippen molar-refractivity contribution in [2.75, 3.05) is 7.05 Å². The van der Waals surface area contributed by atoms with E-state index in [1.54, 1.807) is 0 Å². The Hall–Kier alpha value is -0.830. The van der Waals surface area contributed by atoms with E-state index in [2.05, 4.69) is 16.5 Å². The summed E-state index contributed by atoms with van der Waals surface area (Å²) in [5.41, 5.74) is 2.43. The van der Waals surface area contributed by atoms with Crippen molar-refractivity contribution in [1.29, 1.82) is 0 Å². The molecule has 0 amide bonds. The highest BCUT2D eigenvalue weighted by atomic mass is 15.3. The number of aryl methyl sites for hydroxylation is 2. The predicted octanol–water partition coefficient (Wildman–Crippen LogP) is 1.79. The number of nitrogens with one attached hydrogen (secondary N) is 1. The Morgan fingerprint density at radius 2 is 2.36 bits per heavy atom. The van der Waals surface area contributed by atoms with Gasteiger partial charge in [0.1, 0.15) is 0 Å². The third-order valence-corrected chi connectivity index (χ3v) is 3.01. The van der Waals surface area contributed by atoms with Crippen LogP contribution >= 0.6 is 0 Å². The second-order valence-corrected chi connectivity index (χ2v) is 4.35. The molecule has 3 nitrogen and oxygen atoms in total. The molecule has 0 bridgehead atoms. The molecule has 1 aliphatic rings. The van der Waals surface area contributed by atoms with Gasteiger partial charge >= 0.3 is 0 Å². The summed E-state index contributed by atoms with van der Waals surface area (Å²) in [5.74, 6) is 0.947. The molecule has 1 saturated carbocycles. The fourth-order valence-electron chi connectivity index (χ4n) is 2.03. The maximum atomic E-state index is 4.38. The second kappa shape index (κ2) is 3.73. The Balaban J connectivity index is 2.12. The van der Waals surface area contributed by atoms with Crippen molar-refractivity contribution in [2.24, 2.45) is 13.0 Å². The molecule has 14 heavy (non-hydrogen) atoms. The van der Waals surface area contributed by atoms with E-state index < -0.39 is 0 Å². The maximum Gasteiger partial charge on any atom is 0.0597 e. The number of aromatic nitrogens is 2. The molecule has 1 aliphatic carbocycles. The first-order chi connectivity index (χ1) is 6.70. The second-order valence-electron chi connectivity index (χ2n) is 4.35. The minimum atomic E-state index is 0.480. The van der Waals surface area contributed by atoms with Crippen LogP contribution in [0.4, 0.5) is 0 Å². The van der Waals surface area contributed by atoms with E-state index in [1.165, 1.54) is 25.0 Å². The van der Waals surface area contributed by atoms with Crippen molar-refractivity contribution in [3.63, 3.8) is 0 Å². The summed E-state index contributed by atoms with van der Waals surface area (Å²) >= 11 is 0. The van der Waals surface area contributed by atoms with Gasteiger partial charge in [-0.3, -0.25) is 4.68 Å². The van der Waals surface area contributed by atoms with Crippen molar-refractivity contribution in [3.05, 3.63) is 17.5 Å². The van der Waals surface area contributed by atoms with Crippen molar-refractivity contribution in [1.82, 2.24) is 15.1 Å². The summed E-state index contributed by atoms with van der Waals surface area (Å²) in [6, 6.07) is 2.66. The van der Waals surface area contributed by atoms with E-state index >= 15 is 0 Å². The summed E-state index contributed by atoms with van der Waals surface area (Å²) in [6.45, 7) is 2.05. The Labute approximate surface area is 85.5 Å². The Morgan fingerprint density at radius 3 is 2.79 bits per heavy atom. The fourth-order valence-corrected chi connectivity index (χ4v) is 2.03. The zero-order chi connectivity index (χ0) is 10.1. The van der Waals surface area contributed by atoms with Crippen LogP contribution in [-0.2, 0) is 7.05 Å². The SMILES string of the molecule is CNC(CC1CC1)c1cc(C)nn1C. The van der Waals surface area contributed by atoms with Crippen LogP contribution in [0.25, 0.3) is 0 Å². The van der Waals surface area contributed by atoms with Gasteiger partial charge in [0.05, 0.1) is 11.4 Å². The smallest absolute Gasteiger partial charge is 0.0597 e. The third-order valence-electron chi connectivity index (χ3n) is 3.01. The molecule has 1 fully saturated rings. The summed E-state index contributed by atoms with van der Waals surface area (Å²) < 4.78 is 2.00. The van der Waals surface area contributed by atoms with Crippen LogP contribution in [-0.4, -0.2) is 16.8 Å². The van der Waals surface area contributed by atoms with E-state index in [4.69, 9.17) is 0 Å². The van der Waals surface area contributed by atoms with Crippen LogP contribution in [0.5, 0.6) is 0 Å². The minimum Gasteiger partial charge on any atom is -0.312 e. The number of nitrogens with zero attached hydrogens (tertiary/aromatic N) is 2. The van der Waals surface area contributed by atoms with E-state index in [9.17, 15) is 0 Å². The molecule has 1 N–H and O–H groups in total. The van der Waals surface area contributed by atoms with Gasteiger partial charge < -0.3 is 5.32 Å². The average Bonchev–Trinajstić information content (AvgIpc) is 2.89. The average molecular weight is 193 g/mol. The quantitative estimate of drug-likeness (QED) is 0.790. The predicted molar refractivity (Wildman–Crippen MR) is 57.1 cm³/mol. The van der Waals surface area contributed by atoms with E-state index in [0.717, 1.165) is 11.6 Å². The first kappa shape index (κ1) is 9.71. The summed E-state index contributed by atoms with van der Waals surface area (Å²) in [6.07, 6.45) is 4.08. The van der Waals surface area contributed by atoms with Gasteiger partial charge in [0.15, 0.2) is 0 Å². The molecule has 3 heteroatoms. The van der Waals surface area contributed by atoms with Crippen molar-refractivity contribution < 1.29 is 0 Å². The highest BCUT2D eigenvalue weighted by Gasteiger charge is 2.26. The van der Waals surface area contributed by atoms with E-state index in [1.807, 2.05) is 25.7 Å². The molecule has 0 aliphatic heterocycles. The number of hydrogen-bond donors (Lipinski definition) is 1. The van der Waals surface area contributed by atoms with Crippen LogP contribution in [0.1, 0.15) is 36.7 Å². The van der Waals surface area contributed by atoms with Crippen molar-refractivity contribution in [3.8, 4) is 0 Å². The largest absolute Gasteiger partial charge is 0.312 e. The summed E-state index contributed by atoms with van der Waals surface area (Å²) in [7, 11) is 4.06. The van der Waals surface area contributed by atoms with Gasteiger partial charge in [-0.2, -0.15) is 5.10 Å². The van der Waals surface area contributed by atoms with Gasteiger partial charge in [-0.15, -0.1) is 0 Å². The molecule has 0 spiro atoms. The monoisotopic (exact) mass is 193 g/mol. The molecular weight excluding hydrogens is 174 g/mol. The highest BCUT2D eigenvalue weighted by molar-refractivity contribution is 5.13.